The van der Waals surface area contributed by atoms with Crippen LogP contribution < -0.4 is 0 Å². The Hall–Kier alpha value is -0.180. The van der Waals surface area contributed by atoms with Gasteiger partial charge in [0.1, 0.15) is 0 Å². The molecule has 0 spiro atoms. The number of ether oxygens (including phenoxy) is 1. The summed E-state index contributed by atoms with van der Waals surface area (Å²) in [5, 5.41) is 0. The van der Waals surface area contributed by atoms with Crippen molar-refractivity contribution in [1.82, 2.24) is 0 Å². The van der Waals surface area contributed by atoms with Crippen LogP contribution in [0, 0.1) is 0 Å². The van der Waals surface area contributed by atoms with E-state index in [2.05, 4.69) is 4.74 Å². The highest BCUT2D eigenvalue weighted by Crippen LogP contribution is 2.09. The van der Waals surface area contributed by atoms with Gasteiger partial charge in [-0.2, -0.15) is 8.78 Å². The molecular formula is C5H14F2O. The van der Waals surface area contributed by atoms with Gasteiger partial charge in [-0.05, 0) is 0 Å². The van der Waals surface area contributed by atoms with Gasteiger partial charge in [-0.3, -0.25) is 0 Å². The Morgan fingerprint density at radius 2 is 1.38 bits per heavy atom. The highest BCUT2D eigenvalue weighted by molar-refractivity contribution is 4.30. The van der Waals surface area contributed by atoms with Crippen LogP contribution in [0.3, 0.4) is 0 Å². The third-order valence-corrected chi connectivity index (χ3v) is 0.358. The third-order valence-electron chi connectivity index (χ3n) is 0.358. The minimum Gasteiger partial charge on any atom is -0.324 e. The van der Waals surface area contributed by atoms with Gasteiger partial charge in [0.25, 0.3) is 0 Å². The number of hydrogen-bond acceptors (Lipinski definition) is 1. The minimum absolute atomic E-state index is 0. The SMILES string of the molecule is C.C.COC(C)(F)F. The zero-order valence-corrected chi connectivity index (χ0v) is 3.66. The van der Waals surface area contributed by atoms with E-state index < -0.39 is 6.11 Å². The van der Waals surface area contributed by atoms with Gasteiger partial charge in [0, 0.05) is 14.0 Å². The van der Waals surface area contributed by atoms with Crippen molar-refractivity contribution in [2.75, 3.05) is 7.11 Å². The Bertz CT molecular complexity index is 40.2. The molecule has 0 rings (SSSR count). The first-order valence-electron chi connectivity index (χ1n) is 1.49. The van der Waals surface area contributed by atoms with E-state index in [1.807, 2.05) is 0 Å². The first-order valence-corrected chi connectivity index (χ1v) is 1.49. The Labute approximate surface area is 49.7 Å². The highest BCUT2D eigenvalue weighted by atomic mass is 19.3. The molecule has 1 nitrogen and oxygen atoms in total. The van der Waals surface area contributed by atoms with Gasteiger partial charge in [-0.1, -0.05) is 14.9 Å². The number of methoxy groups -OCH3 is 1. The second kappa shape index (κ2) is 4.97. The first-order chi connectivity index (χ1) is 2.56. The van der Waals surface area contributed by atoms with Crippen LogP contribution in [0.2, 0.25) is 0 Å². The summed E-state index contributed by atoms with van der Waals surface area (Å²) in [7, 11) is 0.958. The van der Waals surface area contributed by atoms with Crippen molar-refractivity contribution in [3.8, 4) is 0 Å². The van der Waals surface area contributed by atoms with E-state index in [1.54, 1.807) is 0 Å². The topological polar surface area (TPSA) is 9.23 Å². The van der Waals surface area contributed by atoms with Crippen molar-refractivity contribution in [1.29, 1.82) is 0 Å². The highest BCUT2D eigenvalue weighted by Gasteiger charge is 2.17. The number of hydrogen-bond donors (Lipinski definition) is 0. The van der Waals surface area contributed by atoms with Gasteiger partial charge < -0.3 is 4.74 Å². The fourth-order valence-corrected chi connectivity index (χ4v) is 0. The zero-order chi connectivity index (χ0) is 5.21. The average Bonchev–Trinajstić information content (AvgIpc) is 1.35. The molecule has 3 heteroatoms. The average molecular weight is 128 g/mol. The molecule has 0 aromatic heterocycles. The van der Waals surface area contributed by atoms with Crippen molar-refractivity contribution >= 4 is 0 Å². The van der Waals surface area contributed by atoms with Crippen LogP contribution in [0.5, 0.6) is 0 Å². The Morgan fingerprint density at radius 3 is 1.38 bits per heavy atom. The van der Waals surface area contributed by atoms with Crippen molar-refractivity contribution < 1.29 is 13.5 Å². The molecule has 0 aliphatic heterocycles. The lowest BCUT2D eigenvalue weighted by Crippen LogP contribution is -2.10. The lowest BCUT2D eigenvalue weighted by Gasteiger charge is -2.03. The molecule has 0 aliphatic carbocycles. The van der Waals surface area contributed by atoms with Crippen LogP contribution in [-0.4, -0.2) is 13.2 Å². The summed E-state index contributed by atoms with van der Waals surface area (Å²) in [6, 6.07) is 0. The molecule has 0 heterocycles. The first kappa shape index (κ1) is 15.7. The van der Waals surface area contributed by atoms with Crippen molar-refractivity contribution in [3.05, 3.63) is 0 Å². The van der Waals surface area contributed by atoms with Gasteiger partial charge in [0.2, 0.25) is 0 Å². The summed E-state index contributed by atoms with van der Waals surface area (Å²) in [5.41, 5.74) is 0. The maximum Gasteiger partial charge on any atom is 0.352 e. The largest absolute Gasteiger partial charge is 0.352 e. The molecule has 0 saturated heterocycles. The smallest absolute Gasteiger partial charge is 0.324 e. The summed E-state index contributed by atoms with van der Waals surface area (Å²) in [4.78, 5) is 0. The normalized spacial score (nSPS) is 9.00. The summed E-state index contributed by atoms with van der Waals surface area (Å²) >= 11 is 0. The van der Waals surface area contributed by atoms with E-state index in [0.717, 1.165) is 7.11 Å². The fraction of sp³-hybridized carbons (Fsp3) is 1.00. The van der Waals surface area contributed by atoms with Gasteiger partial charge in [-0.15, -0.1) is 0 Å². The molecule has 8 heavy (non-hydrogen) atoms. The molecule has 0 radical (unpaired) electrons. The summed E-state index contributed by atoms with van der Waals surface area (Å²) in [6.07, 6.45) is -2.96. The fourth-order valence-electron chi connectivity index (χ4n) is 0. The number of rotatable bonds is 1. The molecular weight excluding hydrogens is 114 g/mol. The van der Waals surface area contributed by atoms with Crippen LogP contribution >= 0.6 is 0 Å². The third kappa shape index (κ3) is 17.0. The quantitative estimate of drug-likeness (QED) is 0.527. The van der Waals surface area contributed by atoms with Crippen molar-refractivity contribution in [3.63, 3.8) is 0 Å². The molecule has 0 atom stereocenters. The van der Waals surface area contributed by atoms with Crippen LogP contribution in [0.1, 0.15) is 21.8 Å². The summed E-state index contributed by atoms with van der Waals surface area (Å²) in [6.45, 7) is 0.688. The molecule has 0 aromatic carbocycles. The predicted molar refractivity (Wildman–Crippen MR) is 31.1 cm³/mol. The Kier molecular flexibility index (Phi) is 9.72. The molecule has 0 N–H and O–H groups in total. The molecule has 0 bridgehead atoms. The summed E-state index contributed by atoms with van der Waals surface area (Å²) in [5.74, 6) is 0. The minimum atomic E-state index is -2.96. The second-order valence-electron chi connectivity index (χ2n) is 1.01. The maximum absolute atomic E-state index is 11.2. The van der Waals surface area contributed by atoms with Crippen molar-refractivity contribution in [2.45, 2.75) is 27.9 Å². The summed E-state index contributed by atoms with van der Waals surface area (Å²) < 4.78 is 26.1. The van der Waals surface area contributed by atoms with Crippen LogP contribution in [0.15, 0.2) is 0 Å². The molecule has 0 unspecified atom stereocenters. The van der Waals surface area contributed by atoms with E-state index in [-0.39, 0.29) is 14.9 Å². The number of alkyl halides is 2. The van der Waals surface area contributed by atoms with E-state index >= 15 is 0 Å². The van der Waals surface area contributed by atoms with E-state index in [0.29, 0.717) is 6.92 Å². The van der Waals surface area contributed by atoms with Crippen molar-refractivity contribution in [2.24, 2.45) is 0 Å². The lowest BCUT2D eigenvalue weighted by molar-refractivity contribution is -0.205. The van der Waals surface area contributed by atoms with Crippen LogP contribution in [-0.2, 0) is 4.74 Å². The van der Waals surface area contributed by atoms with E-state index in [1.165, 1.54) is 0 Å². The van der Waals surface area contributed by atoms with Crippen LogP contribution in [0.25, 0.3) is 0 Å². The number of halogens is 2. The molecule has 0 amide bonds. The van der Waals surface area contributed by atoms with Gasteiger partial charge in [-0.25, -0.2) is 0 Å². The lowest BCUT2D eigenvalue weighted by atomic mass is 10.8. The standard InChI is InChI=1S/C3H6F2O.2CH4/c1-3(4,5)6-2;;/h1-2H3;2*1H4. The maximum atomic E-state index is 11.2. The molecule has 0 saturated carbocycles. The van der Waals surface area contributed by atoms with E-state index in [9.17, 15) is 8.78 Å². The molecule has 0 fully saturated rings. The Morgan fingerprint density at radius 1 is 1.25 bits per heavy atom. The molecule has 0 aliphatic rings. The second-order valence-corrected chi connectivity index (χ2v) is 1.01. The molecule has 54 valence electrons. The molecule has 0 aromatic rings. The Balaban J connectivity index is -0.000000125. The van der Waals surface area contributed by atoms with Crippen LogP contribution in [0.4, 0.5) is 8.78 Å². The van der Waals surface area contributed by atoms with E-state index in [4.69, 9.17) is 0 Å². The van der Waals surface area contributed by atoms with Gasteiger partial charge in [0.15, 0.2) is 0 Å². The zero-order valence-electron chi connectivity index (χ0n) is 3.66. The predicted octanol–water partition coefficient (Wildman–Crippen LogP) is 2.52. The van der Waals surface area contributed by atoms with Gasteiger partial charge in [0.05, 0.1) is 0 Å². The monoisotopic (exact) mass is 128 g/mol. The van der Waals surface area contributed by atoms with Gasteiger partial charge >= 0.3 is 6.11 Å².